The first-order chi connectivity index (χ1) is 11.5. The number of hydrogen-bond donors (Lipinski definition) is 2. The van der Waals surface area contributed by atoms with Crippen molar-refractivity contribution in [2.45, 2.75) is 33.2 Å². The highest BCUT2D eigenvalue weighted by atomic mass is 35.5. The number of nitrogens with zero attached hydrogens (tertiary/aromatic N) is 2. The van der Waals surface area contributed by atoms with Gasteiger partial charge in [-0.3, -0.25) is 20.4 Å². The summed E-state index contributed by atoms with van der Waals surface area (Å²) in [5.74, 6) is -0.600. The average molecular weight is 347 g/mol. The number of halogens is 1. The summed E-state index contributed by atoms with van der Waals surface area (Å²) in [5.41, 5.74) is 7.85. The van der Waals surface area contributed by atoms with Crippen molar-refractivity contribution >= 4 is 23.4 Å². The van der Waals surface area contributed by atoms with Crippen molar-refractivity contribution in [2.75, 3.05) is 0 Å². The Morgan fingerprint density at radius 3 is 2.50 bits per heavy atom. The predicted octanol–water partition coefficient (Wildman–Crippen LogP) is 2.37. The third kappa shape index (κ3) is 3.59. The molecule has 24 heavy (non-hydrogen) atoms. The molecule has 1 fully saturated rings. The van der Waals surface area contributed by atoms with Gasteiger partial charge in [-0.2, -0.15) is 5.10 Å². The van der Waals surface area contributed by atoms with E-state index in [1.807, 2.05) is 31.2 Å². The molecule has 1 heterocycles. The molecule has 7 heteroatoms. The standard InChI is InChI=1S/C17H19ClN4O2/c1-10-3-5-12(6-4-10)9-22-15(18)14(11(2)21-22)17(24)20-19-16(23)13-7-8-13/h3-6,13H,7-9H2,1-2H3,(H,19,23)(H,20,24). The number of hydrazine groups is 1. The number of carbonyl (C=O) groups excluding carboxylic acids is 2. The molecule has 0 radical (unpaired) electrons. The number of nitrogens with one attached hydrogen (secondary N) is 2. The second-order valence-electron chi connectivity index (χ2n) is 6.11. The Bertz CT molecular complexity index is 779. The number of aromatic nitrogens is 2. The topological polar surface area (TPSA) is 76.0 Å². The van der Waals surface area contributed by atoms with Crippen LogP contribution >= 0.6 is 11.6 Å². The lowest BCUT2D eigenvalue weighted by Crippen LogP contribution is -2.42. The number of benzene rings is 1. The summed E-state index contributed by atoms with van der Waals surface area (Å²) in [5, 5.41) is 4.59. The van der Waals surface area contributed by atoms with Crippen LogP contribution in [0.3, 0.4) is 0 Å². The molecule has 0 atom stereocenters. The molecule has 2 N–H and O–H groups in total. The van der Waals surface area contributed by atoms with Crippen molar-refractivity contribution in [2.24, 2.45) is 5.92 Å². The van der Waals surface area contributed by atoms with Crippen LogP contribution in [0.1, 0.15) is 40.0 Å². The first-order valence-corrected chi connectivity index (χ1v) is 8.22. The maximum absolute atomic E-state index is 12.3. The summed E-state index contributed by atoms with van der Waals surface area (Å²) in [6.45, 7) is 4.21. The SMILES string of the molecule is Cc1ccc(Cn2nc(C)c(C(=O)NNC(=O)C3CC3)c2Cl)cc1. The molecule has 2 aromatic rings. The van der Waals surface area contributed by atoms with E-state index < -0.39 is 5.91 Å². The summed E-state index contributed by atoms with van der Waals surface area (Å²) in [4.78, 5) is 23.9. The minimum absolute atomic E-state index is 0.0196. The van der Waals surface area contributed by atoms with Gasteiger partial charge in [0.2, 0.25) is 5.91 Å². The molecule has 1 aliphatic carbocycles. The summed E-state index contributed by atoms with van der Waals surface area (Å²) < 4.78 is 1.58. The van der Waals surface area contributed by atoms with Gasteiger partial charge in [-0.15, -0.1) is 0 Å². The molecule has 6 nitrogen and oxygen atoms in total. The van der Waals surface area contributed by atoms with Gasteiger partial charge in [-0.25, -0.2) is 4.68 Å². The zero-order valence-electron chi connectivity index (χ0n) is 13.6. The summed E-state index contributed by atoms with van der Waals surface area (Å²) in [6.07, 6.45) is 1.74. The summed E-state index contributed by atoms with van der Waals surface area (Å²) in [6, 6.07) is 8.03. The normalized spacial score (nSPS) is 13.6. The van der Waals surface area contributed by atoms with Crippen LogP contribution in [0.15, 0.2) is 24.3 Å². The van der Waals surface area contributed by atoms with E-state index in [0.717, 1.165) is 18.4 Å². The monoisotopic (exact) mass is 346 g/mol. The fourth-order valence-electron chi connectivity index (χ4n) is 2.41. The molecular weight excluding hydrogens is 328 g/mol. The van der Waals surface area contributed by atoms with Gasteiger partial charge in [-0.1, -0.05) is 41.4 Å². The van der Waals surface area contributed by atoms with Crippen LogP contribution in [0.5, 0.6) is 0 Å². The fourth-order valence-corrected chi connectivity index (χ4v) is 2.73. The Morgan fingerprint density at radius 1 is 1.21 bits per heavy atom. The van der Waals surface area contributed by atoms with Crippen LogP contribution < -0.4 is 10.9 Å². The first kappa shape index (κ1) is 16.5. The van der Waals surface area contributed by atoms with Crippen LogP contribution in [0.25, 0.3) is 0 Å². The van der Waals surface area contributed by atoms with Gasteiger partial charge in [0.1, 0.15) is 10.7 Å². The van der Waals surface area contributed by atoms with Gasteiger partial charge in [0.15, 0.2) is 0 Å². The molecule has 0 saturated heterocycles. The van der Waals surface area contributed by atoms with Crippen LogP contribution in [-0.2, 0) is 11.3 Å². The lowest BCUT2D eigenvalue weighted by molar-refractivity contribution is -0.123. The Kier molecular flexibility index (Phi) is 4.57. The largest absolute Gasteiger partial charge is 0.274 e. The van der Waals surface area contributed by atoms with Gasteiger partial charge in [0.05, 0.1) is 12.2 Å². The lowest BCUT2D eigenvalue weighted by atomic mass is 10.1. The van der Waals surface area contributed by atoms with Crippen LogP contribution in [0.2, 0.25) is 5.15 Å². The third-order valence-corrected chi connectivity index (χ3v) is 4.38. The van der Waals surface area contributed by atoms with Gasteiger partial charge in [0.25, 0.3) is 5.91 Å². The molecule has 1 saturated carbocycles. The van der Waals surface area contributed by atoms with Crippen LogP contribution in [-0.4, -0.2) is 21.6 Å². The van der Waals surface area contributed by atoms with E-state index >= 15 is 0 Å². The molecule has 0 bridgehead atoms. The Hall–Kier alpha value is -2.34. The maximum atomic E-state index is 12.3. The zero-order valence-corrected chi connectivity index (χ0v) is 14.4. The Morgan fingerprint density at radius 2 is 1.88 bits per heavy atom. The number of carbonyl (C=O) groups is 2. The van der Waals surface area contributed by atoms with E-state index in [0.29, 0.717) is 12.2 Å². The van der Waals surface area contributed by atoms with Crippen molar-refractivity contribution < 1.29 is 9.59 Å². The van der Waals surface area contributed by atoms with E-state index in [1.165, 1.54) is 5.56 Å². The number of amides is 2. The highest BCUT2D eigenvalue weighted by molar-refractivity contribution is 6.33. The molecule has 0 spiro atoms. The van der Waals surface area contributed by atoms with Crippen molar-refractivity contribution in [1.82, 2.24) is 20.6 Å². The number of aryl methyl sites for hydroxylation is 2. The second kappa shape index (κ2) is 6.65. The molecule has 1 aromatic carbocycles. The first-order valence-electron chi connectivity index (χ1n) is 7.84. The zero-order chi connectivity index (χ0) is 17.3. The molecular formula is C17H19ClN4O2. The van der Waals surface area contributed by atoms with Crippen molar-refractivity contribution in [3.63, 3.8) is 0 Å². The molecule has 126 valence electrons. The molecule has 0 aliphatic heterocycles. The van der Waals surface area contributed by atoms with Crippen LogP contribution in [0.4, 0.5) is 0 Å². The molecule has 3 rings (SSSR count). The van der Waals surface area contributed by atoms with Gasteiger partial charge >= 0.3 is 0 Å². The van der Waals surface area contributed by atoms with E-state index in [4.69, 9.17) is 11.6 Å². The van der Waals surface area contributed by atoms with Crippen molar-refractivity contribution in [3.8, 4) is 0 Å². The molecule has 1 aromatic heterocycles. The van der Waals surface area contributed by atoms with Gasteiger partial charge < -0.3 is 0 Å². The average Bonchev–Trinajstić information content (AvgIpc) is 3.35. The highest BCUT2D eigenvalue weighted by Crippen LogP contribution is 2.28. The second-order valence-corrected chi connectivity index (χ2v) is 6.47. The van der Waals surface area contributed by atoms with Crippen molar-refractivity contribution in [1.29, 1.82) is 0 Å². The number of hydrogen-bond acceptors (Lipinski definition) is 3. The van der Waals surface area contributed by atoms with E-state index in [2.05, 4.69) is 16.0 Å². The lowest BCUT2D eigenvalue weighted by Gasteiger charge is -2.07. The Balaban J connectivity index is 1.71. The van der Waals surface area contributed by atoms with Crippen molar-refractivity contribution in [3.05, 3.63) is 51.8 Å². The summed E-state index contributed by atoms with van der Waals surface area (Å²) in [7, 11) is 0. The minimum Gasteiger partial charge on any atom is -0.273 e. The van der Waals surface area contributed by atoms with E-state index in [1.54, 1.807) is 11.6 Å². The van der Waals surface area contributed by atoms with Gasteiger partial charge in [0, 0.05) is 5.92 Å². The Labute approximate surface area is 145 Å². The smallest absolute Gasteiger partial charge is 0.273 e. The van der Waals surface area contributed by atoms with E-state index in [9.17, 15) is 9.59 Å². The van der Waals surface area contributed by atoms with Crippen LogP contribution in [0, 0.1) is 19.8 Å². The van der Waals surface area contributed by atoms with Gasteiger partial charge in [-0.05, 0) is 32.3 Å². The predicted molar refractivity (Wildman–Crippen MR) is 90.6 cm³/mol. The number of rotatable bonds is 4. The summed E-state index contributed by atoms with van der Waals surface area (Å²) >= 11 is 6.32. The minimum atomic E-state index is -0.457. The molecule has 0 unspecified atom stereocenters. The third-order valence-electron chi connectivity index (χ3n) is 3.99. The quantitative estimate of drug-likeness (QED) is 0.834. The maximum Gasteiger partial charge on any atom is 0.274 e. The highest BCUT2D eigenvalue weighted by Gasteiger charge is 2.30. The molecule has 1 aliphatic rings. The van der Waals surface area contributed by atoms with E-state index in [-0.39, 0.29) is 22.5 Å². The molecule has 2 amide bonds. The fraction of sp³-hybridized carbons (Fsp3) is 0.353.